The minimum absolute atomic E-state index is 0.311. The number of alkyl halides is 3. The van der Waals surface area contributed by atoms with E-state index in [-0.39, 0.29) is 5.41 Å². The van der Waals surface area contributed by atoms with Crippen LogP contribution < -0.4 is 5.32 Å². The number of hydrogen-bond acceptors (Lipinski definition) is 2. The van der Waals surface area contributed by atoms with Crippen LogP contribution in [0.2, 0.25) is 0 Å². The number of nitrogens with one attached hydrogen (secondary N) is 1. The van der Waals surface area contributed by atoms with Crippen molar-refractivity contribution in [2.75, 3.05) is 13.1 Å². The summed E-state index contributed by atoms with van der Waals surface area (Å²) in [6, 6.07) is -1.00. The molecule has 1 N–H and O–H groups in total. The van der Waals surface area contributed by atoms with Gasteiger partial charge in [0.2, 0.25) is 5.91 Å². The minimum atomic E-state index is -4.36. The van der Waals surface area contributed by atoms with Crippen LogP contribution in [-0.2, 0) is 4.79 Å². The zero-order valence-corrected chi connectivity index (χ0v) is 12.0. The molecule has 0 aliphatic carbocycles. The van der Waals surface area contributed by atoms with Gasteiger partial charge in [0.05, 0.1) is 6.04 Å². The van der Waals surface area contributed by atoms with Gasteiger partial charge < -0.3 is 10.2 Å². The lowest BCUT2D eigenvalue weighted by atomic mass is 9.77. The predicted octanol–water partition coefficient (Wildman–Crippen LogP) is 2.56. The van der Waals surface area contributed by atoms with Crippen molar-refractivity contribution in [2.24, 2.45) is 5.41 Å². The molecular weight excluding hydrogens is 257 g/mol. The third kappa shape index (κ3) is 4.37. The molecular formula is C13H23F3N2O. The molecule has 112 valence electrons. The number of piperidine rings is 1. The Morgan fingerprint density at radius 3 is 2.42 bits per heavy atom. The molecule has 0 saturated carbocycles. The number of carbonyl (C=O) groups is 1. The molecule has 1 rings (SSSR count). The third-order valence-electron chi connectivity index (χ3n) is 3.63. The Morgan fingerprint density at radius 1 is 1.42 bits per heavy atom. The van der Waals surface area contributed by atoms with E-state index >= 15 is 0 Å². The van der Waals surface area contributed by atoms with Crippen molar-refractivity contribution in [3.63, 3.8) is 0 Å². The summed E-state index contributed by atoms with van der Waals surface area (Å²) >= 11 is 0. The fourth-order valence-electron chi connectivity index (χ4n) is 2.51. The monoisotopic (exact) mass is 280 g/mol. The maximum absolute atomic E-state index is 12.6. The molecule has 0 aromatic carbocycles. The minimum Gasteiger partial charge on any atom is -0.330 e. The molecule has 1 aliphatic rings. The highest BCUT2D eigenvalue weighted by atomic mass is 19.4. The fraction of sp³-hybridized carbons (Fsp3) is 0.923. The van der Waals surface area contributed by atoms with E-state index in [1.165, 1.54) is 0 Å². The van der Waals surface area contributed by atoms with Gasteiger partial charge in [0.25, 0.3) is 0 Å². The van der Waals surface area contributed by atoms with Gasteiger partial charge >= 0.3 is 6.18 Å². The van der Waals surface area contributed by atoms with Crippen molar-refractivity contribution in [3.8, 4) is 0 Å². The molecule has 0 spiro atoms. The van der Waals surface area contributed by atoms with Gasteiger partial charge in [-0.15, -0.1) is 0 Å². The first-order valence-corrected chi connectivity index (χ1v) is 6.65. The molecule has 0 aromatic heterocycles. The summed E-state index contributed by atoms with van der Waals surface area (Å²) < 4.78 is 37.7. The second-order valence-electron chi connectivity index (χ2n) is 6.15. The van der Waals surface area contributed by atoms with Gasteiger partial charge in [0.1, 0.15) is 6.54 Å². The van der Waals surface area contributed by atoms with Crippen LogP contribution in [0.15, 0.2) is 0 Å². The first kappa shape index (κ1) is 16.3. The third-order valence-corrected chi connectivity index (χ3v) is 3.63. The van der Waals surface area contributed by atoms with Crippen LogP contribution in [0.25, 0.3) is 0 Å². The van der Waals surface area contributed by atoms with E-state index in [1.807, 2.05) is 13.8 Å². The average molecular weight is 280 g/mol. The first-order valence-electron chi connectivity index (χ1n) is 6.65. The Labute approximate surface area is 112 Å². The van der Waals surface area contributed by atoms with Gasteiger partial charge in [-0.2, -0.15) is 13.2 Å². The molecule has 1 fully saturated rings. The van der Waals surface area contributed by atoms with E-state index in [2.05, 4.69) is 5.32 Å². The number of rotatable bonds is 3. The molecule has 0 radical (unpaired) electrons. The second-order valence-corrected chi connectivity index (χ2v) is 6.15. The van der Waals surface area contributed by atoms with Crippen LogP contribution >= 0.6 is 0 Å². The highest BCUT2D eigenvalue weighted by molar-refractivity contribution is 5.83. The van der Waals surface area contributed by atoms with E-state index in [0.717, 1.165) is 17.7 Å². The van der Waals surface area contributed by atoms with Gasteiger partial charge in [-0.1, -0.05) is 13.8 Å². The van der Waals surface area contributed by atoms with Crippen molar-refractivity contribution in [1.82, 2.24) is 10.2 Å². The maximum atomic E-state index is 12.6. The molecule has 1 amide bonds. The average Bonchev–Trinajstić information content (AvgIpc) is 2.23. The lowest BCUT2D eigenvalue weighted by Crippen LogP contribution is -2.59. The highest BCUT2D eigenvalue weighted by Gasteiger charge is 2.42. The van der Waals surface area contributed by atoms with Crippen LogP contribution in [0.3, 0.4) is 0 Å². The molecule has 0 aromatic rings. The largest absolute Gasteiger partial charge is 0.406 e. The summed E-state index contributed by atoms with van der Waals surface area (Å²) in [7, 11) is 0. The summed E-state index contributed by atoms with van der Waals surface area (Å²) in [5.74, 6) is -0.447. The summed E-state index contributed by atoms with van der Waals surface area (Å²) in [6.45, 7) is 6.57. The van der Waals surface area contributed by atoms with Crippen LogP contribution in [0.1, 0.15) is 40.5 Å². The number of amides is 1. The van der Waals surface area contributed by atoms with Gasteiger partial charge in [-0.05, 0) is 38.6 Å². The molecule has 0 bridgehead atoms. The molecule has 3 nitrogen and oxygen atoms in total. The van der Waals surface area contributed by atoms with Crippen LogP contribution in [-0.4, -0.2) is 42.2 Å². The summed E-state index contributed by atoms with van der Waals surface area (Å²) in [5.41, 5.74) is -0.311. The summed E-state index contributed by atoms with van der Waals surface area (Å²) in [6.07, 6.45) is -2.58. The lowest BCUT2D eigenvalue weighted by Gasteiger charge is -2.42. The Morgan fingerprint density at radius 2 is 2.00 bits per heavy atom. The molecule has 1 heterocycles. The molecule has 1 unspecified atom stereocenters. The highest BCUT2D eigenvalue weighted by Crippen LogP contribution is 2.32. The Hall–Kier alpha value is -0.780. The first-order chi connectivity index (χ1) is 8.54. The Balaban J connectivity index is 2.87. The summed E-state index contributed by atoms with van der Waals surface area (Å²) in [4.78, 5) is 13.3. The smallest absolute Gasteiger partial charge is 0.330 e. The van der Waals surface area contributed by atoms with Crippen molar-refractivity contribution >= 4 is 5.91 Å². The van der Waals surface area contributed by atoms with Crippen LogP contribution in [0.4, 0.5) is 13.2 Å². The van der Waals surface area contributed by atoms with Crippen molar-refractivity contribution in [3.05, 3.63) is 0 Å². The zero-order chi connectivity index (χ0) is 14.8. The second kappa shape index (κ2) is 5.69. The van der Waals surface area contributed by atoms with E-state index < -0.39 is 30.7 Å². The summed E-state index contributed by atoms with van der Waals surface area (Å²) in [5, 5.41) is 3.07. The van der Waals surface area contributed by atoms with Crippen molar-refractivity contribution in [1.29, 1.82) is 0 Å². The molecule has 1 atom stereocenters. The molecule has 6 heteroatoms. The SMILES string of the molecule is CC(C)N(CC(F)(F)F)C(=O)C1NCCCC1(C)C. The van der Waals surface area contributed by atoms with E-state index in [4.69, 9.17) is 0 Å². The normalized spacial score (nSPS) is 23.5. The molecule has 1 aliphatic heterocycles. The fourth-order valence-corrected chi connectivity index (χ4v) is 2.51. The van der Waals surface area contributed by atoms with E-state index in [1.54, 1.807) is 13.8 Å². The van der Waals surface area contributed by atoms with E-state index in [0.29, 0.717) is 6.54 Å². The van der Waals surface area contributed by atoms with Crippen LogP contribution in [0.5, 0.6) is 0 Å². The van der Waals surface area contributed by atoms with Gasteiger partial charge in [-0.3, -0.25) is 4.79 Å². The lowest BCUT2D eigenvalue weighted by molar-refractivity contribution is -0.168. The Bertz CT molecular complexity index is 326. The number of carbonyl (C=O) groups excluding carboxylic acids is 1. The van der Waals surface area contributed by atoms with Crippen molar-refractivity contribution < 1.29 is 18.0 Å². The molecule has 1 saturated heterocycles. The molecule has 19 heavy (non-hydrogen) atoms. The van der Waals surface area contributed by atoms with Gasteiger partial charge in [0, 0.05) is 6.04 Å². The zero-order valence-electron chi connectivity index (χ0n) is 12.0. The van der Waals surface area contributed by atoms with E-state index in [9.17, 15) is 18.0 Å². The van der Waals surface area contributed by atoms with Gasteiger partial charge in [-0.25, -0.2) is 0 Å². The van der Waals surface area contributed by atoms with Crippen molar-refractivity contribution in [2.45, 2.75) is 58.8 Å². The standard InChI is InChI=1S/C13H23F3N2O/c1-9(2)18(8-13(14,15)16)11(19)10-12(3,4)6-5-7-17-10/h9-10,17H,5-8H2,1-4H3. The Kier molecular flexibility index (Phi) is 4.87. The predicted molar refractivity (Wildman–Crippen MR) is 67.7 cm³/mol. The van der Waals surface area contributed by atoms with Gasteiger partial charge in [0.15, 0.2) is 0 Å². The topological polar surface area (TPSA) is 32.3 Å². The number of hydrogen-bond donors (Lipinski definition) is 1. The quantitative estimate of drug-likeness (QED) is 0.861. The number of nitrogens with zero attached hydrogens (tertiary/aromatic N) is 1. The van der Waals surface area contributed by atoms with Crippen LogP contribution in [0, 0.1) is 5.41 Å². The maximum Gasteiger partial charge on any atom is 0.406 e. The number of halogens is 3.